The van der Waals surface area contributed by atoms with E-state index in [1.54, 1.807) is 12.4 Å². The van der Waals surface area contributed by atoms with Gasteiger partial charge in [0.1, 0.15) is 17.3 Å². The molecule has 1 fully saturated rings. The molecule has 9 nitrogen and oxygen atoms in total. The SMILES string of the molecule is CCOc1ccc2nc(-c3cccc(OCC(=O)NC(C)C4CC4)c3)nc(Nc3cn[nH]c3)c2c1. The van der Waals surface area contributed by atoms with Gasteiger partial charge >= 0.3 is 0 Å². The molecule has 1 atom stereocenters. The largest absolute Gasteiger partial charge is 0.494 e. The monoisotopic (exact) mass is 472 g/mol. The lowest BCUT2D eigenvalue weighted by Gasteiger charge is -2.14. The predicted octanol–water partition coefficient (Wildman–Crippen LogP) is 4.46. The van der Waals surface area contributed by atoms with Crippen LogP contribution in [0.3, 0.4) is 0 Å². The first-order valence-electron chi connectivity index (χ1n) is 11.8. The average Bonchev–Trinajstić information content (AvgIpc) is 3.60. The van der Waals surface area contributed by atoms with E-state index in [2.05, 4.69) is 20.8 Å². The molecule has 5 rings (SSSR count). The quantitative estimate of drug-likeness (QED) is 0.312. The summed E-state index contributed by atoms with van der Waals surface area (Å²) in [6.45, 7) is 4.52. The Morgan fingerprint density at radius 1 is 1.14 bits per heavy atom. The molecule has 2 aromatic heterocycles. The third-order valence-corrected chi connectivity index (χ3v) is 5.92. The van der Waals surface area contributed by atoms with Gasteiger partial charge in [-0.15, -0.1) is 0 Å². The Kier molecular flexibility index (Phi) is 6.47. The van der Waals surface area contributed by atoms with Crippen molar-refractivity contribution in [2.24, 2.45) is 5.92 Å². The summed E-state index contributed by atoms with van der Waals surface area (Å²) in [5.41, 5.74) is 2.32. The van der Waals surface area contributed by atoms with Crippen molar-refractivity contribution in [3.8, 4) is 22.9 Å². The molecular weight excluding hydrogens is 444 g/mol. The van der Waals surface area contributed by atoms with Gasteiger partial charge in [-0.25, -0.2) is 9.97 Å². The molecule has 0 saturated heterocycles. The zero-order valence-electron chi connectivity index (χ0n) is 19.7. The number of ether oxygens (including phenoxy) is 2. The number of aromatic nitrogens is 4. The number of fused-ring (bicyclic) bond motifs is 1. The Morgan fingerprint density at radius 3 is 2.77 bits per heavy atom. The first-order chi connectivity index (χ1) is 17.1. The number of carbonyl (C=O) groups excluding carboxylic acids is 1. The van der Waals surface area contributed by atoms with E-state index < -0.39 is 0 Å². The standard InChI is InChI=1S/C26H28N6O3/c1-3-34-21-9-10-23-22(12-21)26(30-19-13-27-28-14-19)32-25(31-23)18-5-4-6-20(11-18)35-15-24(33)29-16(2)17-7-8-17/h4-6,9-14,16-17H,3,7-8,15H2,1-2H3,(H,27,28)(H,29,33)(H,30,31,32). The van der Waals surface area contributed by atoms with Crippen LogP contribution in [0, 0.1) is 5.92 Å². The maximum absolute atomic E-state index is 12.2. The summed E-state index contributed by atoms with van der Waals surface area (Å²) in [6, 6.07) is 13.4. The highest BCUT2D eigenvalue weighted by atomic mass is 16.5. The fourth-order valence-electron chi connectivity index (χ4n) is 3.93. The lowest BCUT2D eigenvalue weighted by atomic mass is 10.1. The number of nitrogens with zero attached hydrogens (tertiary/aromatic N) is 3. The maximum Gasteiger partial charge on any atom is 0.258 e. The van der Waals surface area contributed by atoms with Crippen LogP contribution in [0.1, 0.15) is 26.7 Å². The third-order valence-electron chi connectivity index (χ3n) is 5.92. The summed E-state index contributed by atoms with van der Waals surface area (Å²) in [7, 11) is 0. The van der Waals surface area contributed by atoms with Gasteiger partial charge in [0, 0.05) is 23.2 Å². The molecule has 1 unspecified atom stereocenters. The minimum absolute atomic E-state index is 0.0351. The lowest BCUT2D eigenvalue weighted by Crippen LogP contribution is -2.37. The fourth-order valence-corrected chi connectivity index (χ4v) is 3.93. The summed E-state index contributed by atoms with van der Waals surface area (Å²) in [5, 5.41) is 13.9. The highest BCUT2D eigenvalue weighted by Crippen LogP contribution is 2.32. The number of hydrogen-bond acceptors (Lipinski definition) is 7. The molecule has 1 aliphatic rings. The zero-order valence-corrected chi connectivity index (χ0v) is 19.7. The second-order valence-corrected chi connectivity index (χ2v) is 8.63. The van der Waals surface area contributed by atoms with Gasteiger partial charge in [-0.2, -0.15) is 5.10 Å². The molecule has 0 radical (unpaired) electrons. The smallest absolute Gasteiger partial charge is 0.258 e. The third kappa shape index (κ3) is 5.51. The van der Waals surface area contributed by atoms with Crippen molar-refractivity contribution in [1.82, 2.24) is 25.5 Å². The van der Waals surface area contributed by atoms with Gasteiger partial charge in [0.2, 0.25) is 0 Å². The topological polar surface area (TPSA) is 114 Å². The van der Waals surface area contributed by atoms with E-state index >= 15 is 0 Å². The predicted molar refractivity (Wildman–Crippen MR) is 134 cm³/mol. The van der Waals surface area contributed by atoms with Crippen LogP contribution in [-0.4, -0.2) is 45.3 Å². The summed E-state index contributed by atoms with van der Waals surface area (Å²) >= 11 is 0. The zero-order chi connectivity index (χ0) is 24.2. The molecule has 2 aromatic carbocycles. The van der Waals surface area contributed by atoms with Crippen molar-refractivity contribution in [2.45, 2.75) is 32.7 Å². The van der Waals surface area contributed by atoms with Crippen LogP contribution in [0.2, 0.25) is 0 Å². The fraction of sp³-hybridized carbons (Fsp3) is 0.308. The molecule has 1 aliphatic carbocycles. The summed E-state index contributed by atoms with van der Waals surface area (Å²) < 4.78 is 11.4. The van der Waals surface area contributed by atoms with E-state index in [1.807, 2.05) is 56.3 Å². The van der Waals surface area contributed by atoms with Gasteiger partial charge in [0.15, 0.2) is 12.4 Å². The molecule has 35 heavy (non-hydrogen) atoms. The van der Waals surface area contributed by atoms with Gasteiger partial charge < -0.3 is 20.1 Å². The number of aromatic amines is 1. The lowest BCUT2D eigenvalue weighted by molar-refractivity contribution is -0.123. The molecule has 0 aliphatic heterocycles. The van der Waals surface area contributed by atoms with Crippen LogP contribution in [-0.2, 0) is 4.79 Å². The van der Waals surface area contributed by atoms with E-state index in [0.29, 0.717) is 29.9 Å². The highest BCUT2D eigenvalue weighted by molar-refractivity contribution is 5.93. The molecule has 1 saturated carbocycles. The minimum Gasteiger partial charge on any atom is -0.494 e. The van der Waals surface area contributed by atoms with Gasteiger partial charge in [-0.1, -0.05) is 12.1 Å². The van der Waals surface area contributed by atoms with E-state index in [9.17, 15) is 4.79 Å². The van der Waals surface area contributed by atoms with Crippen molar-refractivity contribution in [3.05, 3.63) is 54.9 Å². The Morgan fingerprint density at radius 2 is 2.00 bits per heavy atom. The van der Waals surface area contributed by atoms with E-state index in [-0.39, 0.29) is 18.6 Å². The average molecular weight is 473 g/mol. The Labute approximate surface area is 203 Å². The van der Waals surface area contributed by atoms with Crippen LogP contribution >= 0.6 is 0 Å². The van der Waals surface area contributed by atoms with Gasteiger partial charge in [0.25, 0.3) is 5.91 Å². The van der Waals surface area contributed by atoms with Crippen LogP contribution in [0.15, 0.2) is 54.9 Å². The van der Waals surface area contributed by atoms with Crippen molar-refractivity contribution in [3.63, 3.8) is 0 Å². The van der Waals surface area contributed by atoms with Crippen molar-refractivity contribution < 1.29 is 14.3 Å². The van der Waals surface area contributed by atoms with Crippen LogP contribution in [0.5, 0.6) is 11.5 Å². The number of H-pyrrole nitrogens is 1. The molecule has 0 bridgehead atoms. The molecule has 1 amide bonds. The number of rotatable bonds is 10. The van der Waals surface area contributed by atoms with Crippen molar-refractivity contribution in [1.29, 1.82) is 0 Å². The van der Waals surface area contributed by atoms with Gasteiger partial charge in [0.05, 0.1) is 24.0 Å². The minimum atomic E-state index is -0.117. The summed E-state index contributed by atoms with van der Waals surface area (Å²) in [5.74, 6) is 2.97. The van der Waals surface area contributed by atoms with Gasteiger partial charge in [-0.3, -0.25) is 9.89 Å². The molecule has 180 valence electrons. The molecule has 2 heterocycles. The Hall–Kier alpha value is -4.14. The summed E-state index contributed by atoms with van der Waals surface area (Å²) in [6.07, 6.45) is 5.80. The number of benzene rings is 2. The van der Waals surface area contributed by atoms with Crippen molar-refractivity contribution in [2.75, 3.05) is 18.5 Å². The Balaban J connectivity index is 1.40. The van der Waals surface area contributed by atoms with Crippen LogP contribution < -0.4 is 20.1 Å². The first-order valence-corrected chi connectivity index (χ1v) is 11.8. The number of carbonyl (C=O) groups is 1. The second-order valence-electron chi connectivity index (χ2n) is 8.63. The van der Waals surface area contributed by atoms with Gasteiger partial charge in [-0.05, 0) is 62.9 Å². The number of anilines is 2. The van der Waals surface area contributed by atoms with E-state index in [0.717, 1.165) is 27.9 Å². The van der Waals surface area contributed by atoms with Crippen LogP contribution in [0.4, 0.5) is 11.5 Å². The number of nitrogens with one attached hydrogen (secondary N) is 3. The molecule has 4 aromatic rings. The maximum atomic E-state index is 12.2. The molecule has 9 heteroatoms. The first kappa shape index (κ1) is 22.6. The van der Waals surface area contributed by atoms with E-state index in [1.165, 1.54) is 12.8 Å². The van der Waals surface area contributed by atoms with Crippen LogP contribution in [0.25, 0.3) is 22.3 Å². The number of amides is 1. The molecule has 3 N–H and O–H groups in total. The normalized spacial score (nSPS) is 13.9. The second kappa shape index (κ2) is 10.0. The van der Waals surface area contributed by atoms with E-state index in [4.69, 9.17) is 19.4 Å². The molecule has 0 spiro atoms. The Bertz CT molecular complexity index is 1320. The highest BCUT2D eigenvalue weighted by Gasteiger charge is 2.28. The summed E-state index contributed by atoms with van der Waals surface area (Å²) in [4.78, 5) is 21.8. The number of hydrogen-bond donors (Lipinski definition) is 3. The van der Waals surface area contributed by atoms with Crippen molar-refractivity contribution >= 4 is 28.3 Å². The molecular formula is C26H28N6O3.